The highest BCUT2D eigenvalue weighted by Crippen LogP contribution is 2.31. The van der Waals surface area contributed by atoms with E-state index in [9.17, 15) is 0 Å². The fourth-order valence-corrected chi connectivity index (χ4v) is 2.97. The summed E-state index contributed by atoms with van der Waals surface area (Å²) in [5.41, 5.74) is 3.50. The maximum atomic E-state index is 4.50. The first-order chi connectivity index (χ1) is 10.3. The van der Waals surface area contributed by atoms with E-state index < -0.39 is 0 Å². The molecule has 4 rings (SSSR count). The third kappa shape index (κ3) is 1.98. The van der Waals surface area contributed by atoms with Crippen LogP contribution < -0.4 is 0 Å². The third-order valence-corrected chi connectivity index (χ3v) is 4.03. The molecular formula is C20H15N. The van der Waals surface area contributed by atoms with Crippen LogP contribution in [-0.2, 0) is 0 Å². The molecule has 0 fully saturated rings. The Bertz CT molecular complexity index is 940. The van der Waals surface area contributed by atoms with Gasteiger partial charge in [-0.25, -0.2) is 0 Å². The van der Waals surface area contributed by atoms with E-state index in [1.54, 1.807) is 0 Å². The molecule has 0 spiro atoms. The fourth-order valence-electron chi connectivity index (χ4n) is 2.97. The predicted octanol–water partition coefficient (Wildman–Crippen LogP) is 5.36. The lowest BCUT2D eigenvalue weighted by molar-refractivity contribution is 1.31. The quantitative estimate of drug-likeness (QED) is 0.424. The number of hydrogen-bond acceptors (Lipinski definition) is 1. The molecule has 0 aliphatic rings. The zero-order valence-electron chi connectivity index (χ0n) is 11.9. The first kappa shape index (κ1) is 12.1. The number of nitrogens with zero attached hydrogens (tertiary/aromatic N) is 1. The van der Waals surface area contributed by atoms with E-state index in [2.05, 4.69) is 66.5 Å². The van der Waals surface area contributed by atoms with Crippen molar-refractivity contribution in [2.45, 2.75) is 6.92 Å². The van der Waals surface area contributed by atoms with Crippen LogP contribution in [0.2, 0.25) is 0 Å². The normalized spacial score (nSPS) is 11.1. The number of rotatable bonds is 1. The number of aryl methyl sites for hydroxylation is 1. The van der Waals surface area contributed by atoms with Crippen molar-refractivity contribution in [1.82, 2.24) is 4.98 Å². The molecule has 0 saturated carbocycles. The Balaban J connectivity index is 2.09. The molecule has 21 heavy (non-hydrogen) atoms. The Kier molecular flexibility index (Phi) is 2.71. The predicted molar refractivity (Wildman–Crippen MR) is 89.4 cm³/mol. The number of aromatic nitrogens is 1. The molecule has 1 heteroatoms. The number of benzene rings is 3. The van der Waals surface area contributed by atoms with Gasteiger partial charge in [-0.05, 0) is 52.2 Å². The Hall–Kier alpha value is -2.67. The van der Waals surface area contributed by atoms with Crippen LogP contribution in [-0.4, -0.2) is 4.98 Å². The summed E-state index contributed by atoms with van der Waals surface area (Å²) in [7, 11) is 0. The number of hydrogen-bond donors (Lipinski definition) is 0. The van der Waals surface area contributed by atoms with Crippen molar-refractivity contribution in [2.75, 3.05) is 0 Å². The largest absolute Gasteiger partial charge is 0.256 e. The van der Waals surface area contributed by atoms with Crippen LogP contribution in [0.1, 0.15) is 5.56 Å². The molecular weight excluding hydrogens is 254 g/mol. The summed E-state index contributed by atoms with van der Waals surface area (Å²) in [4.78, 5) is 4.50. The van der Waals surface area contributed by atoms with Gasteiger partial charge in [-0.3, -0.25) is 4.98 Å². The maximum Gasteiger partial charge on any atom is 0.0704 e. The van der Waals surface area contributed by atoms with Crippen LogP contribution in [0.4, 0.5) is 0 Å². The highest BCUT2D eigenvalue weighted by atomic mass is 14.7. The lowest BCUT2D eigenvalue weighted by Crippen LogP contribution is -1.88. The first-order valence-electron chi connectivity index (χ1n) is 7.16. The van der Waals surface area contributed by atoms with Gasteiger partial charge >= 0.3 is 0 Å². The van der Waals surface area contributed by atoms with Crippen LogP contribution in [0.25, 0.3) is 32.8 Å². The summed E-state index contributed by atoms with van der Waals surface area (Å²) in [5.74, 6) is 0. The van der Waals surface area contributed by atoms with Gasteiger partial charge in [0.05, 0.1) is 5.69 Å². The van der Waals surface area contributed by atoms with Gasteiger partial charge in [0.1, 0.15) is 0 Å². The van der Waals surface area contributed by atoms with Crippen LogP contribution in [0.5, 0.6) is 0 Å². The molecule has 0 N–H and O–H groups in total. The molecule has 0 amide bonds. The van der Waals surface area contributed by atoms with Crippen LogP contribution in [0.3, 0.4) is 0 Å². The smallest absolute Gasteiger partial charge is 0.0704 e. The molecule has 1 aromatic heterocycles. The molecule has 0 saturated heterocycles. The van der Waals surface area contributed by atoms with E-state index in [0.717, 1.165) is 5.69 Å². The van der Waals surface area contributed by atoms with Gasteiger partial charge in [-0.15, -0.1) is 0 Å². The Labute approximate surface area is 123 Å². The lowest BCUT2D eigenvalue weighted by Gasteiger charge is -2.10. The molecule has 1 nitrogen and oxygen atoms in total. The monoisotopic (exact) mass is 269 g/mol. The second kappa shape index (κ2) is 4.71. The number of pyridine rings is 1. The summed E-state index contributed by atoms with van der Waals surface area (Å²) in [5, 5.41) is 5.15. The summed E-state index contributed by atoms with van der Waals surface area (Å²) in [6, 6.07) is 23.5. The van der Waals surface area contributed by atoms with Gasteiger partial charge in [0, 0.05) is 11.8 Å². The van der Waals surface area contributed by atoms with E-state index in [1.807, 2.05) is 18.3 Å². The molecule has 0 aliphatic carbocycles. The summed E-state index contributed by atoms with van der Waals surface area (Å²) < 4.78 is 0. The van der Waals surface area contributed by atoms with Gasteiger partial charge in [-0.1, -0.05) is 48.5 Å². The number of fused-ring (bicyclic) bond motifs is 3. The van der Waals surface area contributed by atoms with E-state index in [0.29, 0.717) is 0 Å². The fraction of sp³-hybridized carbons (Fsp3) is 0.0500. The second-order valence-electron chi connectivity index (χ2n) is 5.39. The average molecular weight is 269 g/mol. The van der Waals surface area contributed by atoms with Crippen molar-refractivity contribution in [2.24, 2.45) is 0 Å². The topological polar surface area (TPSA) is 12.9 Å². The Morgan fingerprint density at radius 1 is 0.714 bits per heavy atom. The molecule has 0 bridgehead atoms. The molecule has 0 unspecified atom stereocenters. The molecule has 3 aromatic carbocycles. The van der Waals surface area contributed by atoms with Crippen molar-refractivity contribution < 1.29 is 0 Å². The molecule has 0 radical (unpaired) electrons. The van der Waals surface area contributed by atoms with Crippen LogP contribution in [0.15, 0.2) is 72.9 Å². The minimum atomic E-state index is 1.03. The third-order valence-electron chi connectivity index (χ3n) is 4.03. The lowest BCUT2D eigenvalue weighted by atomic mass is 9.95. The minimum Gasteiger partial charge on any atom is -0.256 e. The zero-order valence-corrected chi connectivity index (χ0v) is 11.9. The van der Waals surface area contributed by atoms with Crippen molar-refractivity contribution in [3.8, 4) is 11.3 Å². The average Bonchev–Trinajstić information content (AvgIpc) is 2.55. The van der Waals surface area contributed by atoms with Gasteiger partial charge in [-0.2, -0.15) is 0 Å². The van der Waals surface area contributed by atoms with E-state index in [4.69, 9.17) is 0 Å². The molecule has 0 atom stereocenters. The zero-order chi connectivity index (χ0) is 14.2. The Morgan fingerprint density at radius 3 is 2.38 bits per heavy atom. The van der Waals surface area contributed by atoms with Crippen molar-refractivity contribution in [3.05, 3.63) is 78.5 Å². The van der Waals surface area contributed by atoms with Crippen LogP contribution in [0, 0.1) is 6.92 Å². The summed E-state index contributed by atoms with van der Waals surface area (Å²) in [6.07, 6.45) is 1.85. The van der Waals surface area contributed by atoms with Crippen molar-refractivity contribution >= 4 is 21.5 Å². The van der Waals surface area contributed by atoms with Crippen LogP contribution >= 0.6 is 0 Å². The molecule has 0 aliphatic heterocycles. The highest BCUT2D eigenvalue weighted by Gasteiger charge is 2.07. The standard InChI is InChI=1S/C20H15N/c1-14-12-16-10-9-15-6-2-3-7-17(15)19(16)13-18(14)20-8-4-5-11-21-20/h2-13H,1H3. The molecule has 4 aromatic rings. The minimum absolute atomic E-state index is 1.03. The first-order valence-corrected chi connectivity index (χ1v) is 7.16. The molecule has 100 valence electrons. The second-order valence-corrected chi connectivity index (χ2v) is 5.39. The van der Waals surface area contributed by atoms with E-state index >= 15 is 0 Å². The van der Waals surface area contributed by atoms with Gasteiger partial charge < -0.3 is 0 Å². The SMILES string of the molecule is Cc1cc2ccc3ccccc3c2cc1-c1ccccn1. The van der Waals surface area contributed by atoms with Gasteiger partial charge in [0.15, 0.2) is 0 Å². The molecule has 1 heterocycles. The van der Waals surface area contributed by atoms with E-state index in [-0.39, 0.29) is 0 Å². The van der Waals surface area contributed by atoms with Gasteiger partial charge in [0.25, 0.3) is 0 Å². The maximum absolute atomic E-state index is 4.50. The Morgan fingerprint density at radius 2 is 1.52 bits per heavy atom. The van der Waals surface area contributed by atoms with E-state index in [1.165, 1.54) is 32.7 Å². The highest BCUT2D eigenvalue weighted by molar-refractivity contribution is 6.09. The van der Waals surface area contributed by atoms with Gasteiger partial charge in [0.2, 0.25) is 0 Å². The van der Waals surface area contributed by atoms with Crippen molar-refractivity contribution in [3.63, 3.8) is 0 Å². The van der Waals surface area contributed by atoms with Crippen molar-refractivity contribution in [1.29, 1.82) is 0 Å². The summed E-state index contributed by atoms with van der Waals surface area (Å²) in [6.45, 7) is 2.15. The summed E-state index contributed by atoms with van der Waals surface area (Å²) >= 11 is 0.